The largest absolute Gasteiger partial charge is 0.353 e. The Bertz CT molecular complexity index is 555. The van der Waals surface area contributed by atoms with Gasteiger partial charge in [0.25, 0.3) is 0 Å². The van der Waals surface area contributed by atoms with E-state index in [9.17, 15) is 13.2 Å². The summed E-state index contributed by atoms with van der Waals surface area (Å²) in [5.74, 6) is -0.422. The minimum Gasteiger partial charge on any atom is -0.353 e. The first-order chi connectivity index (χ1) is 9.12. The molecule has 6 nitrogen and oxygen atoms in total. The van der Waals surface area contributed by atoms with Gasteiger partial charge in [-0.1, -0.05) is 30.3 Å². The van der Waals surface area contributed by atoms with Crippen molar-refractivity contribution in [3.8, 4) is 0 Å². The fourth-order valence-corrected chi connectivity index (χ4v) is 2.77. The van der Waals surface area contributed by atoms with Crippen molar-refractivity contribution in [2.45, 2.75) is 25.4 Å². The maximum absolute atomic E-state index is 12.0. The van der Waals surface area contributed by atoms with E-state index in [-0.39, 0.29) is 12.6 Å². The van der Waals surface area contributed by atoms with E-state index in [1.807, 2.05) is 30.3 Å². The van der Waals surface area contributed by atoms with Crippen LogP contribution in [0.1, 0.15) is 25.5 Å². The van der Waals surface area contributed by atoms with E-state index in [4.69, 9.17) is 5.73 Å². The van der Waals surface area contributed by atoms with Crippen LogP contribution in [0, 0.1) is 0 Å². The Hall–Kier alpha value is -1.44. The Labute approximate surface area is 119 Å². The molecule has 4 N–H and O–H groups in total. The lowest BCUT2D eigenvalue weighted by molar-refractivity contribution is -0.125. The molecule has 0 fully saturated rings. The highest BCUT2D eigenvalue weighted by molar-refractivity contribution is 7.88. The maximum Gasteiger partial charge on any atom is 0.240 e. The van der Waals surface area contributed by atoms with Crippen molar-refractivity contribution in [2.75, 3.05) is 12.8 Å². The van der Waals surface area contributed by atoms with Crippen molar-refractivity contribution >= 4 is 15.9 Å². The van der Waals surface area contributed by atoms with Gasteiger partial charge in [0, 0.05) is 12.6 Å². The van der Waals surface area contributed by atoms with E-state index < -0.39 is 21.5 Å². The molecule has 1 unspecified atom stereocenters. The predicted octanol–water partition coefficient (Wildman–Crippen LogP) is 0.130. The molecule has 20 heavy (non-hydrogen) atoms. The van der Waals surface area contributed by atoms with Crippen LogP contribution in [-0.2, 0) is 14.8 Å². The van der Waals surface area contributed by atoms with Crippen molar-refractivity contribution in [3.05, 3.63) is 35.9 Å². The van der Waals surface area contributed by atoms with Gasteiger partial charge in [-0.15, -0.1) is 0 Å². The molecule has 0 saturated carbocycles. The molecule has 7 heteroatoms. The lowest BCUT2D eigenvalue weighted by atomic mass is 10.0. The summed E-state index contributed by atoms with van der Waals surface area (Å²) in [5, 5.41) is 2.65. The molecule has 0 aromatic heterocycles. The lowest BCUT2D eigenvalue weighted by Gasteiger charge is -2.25. The maximum atomic E-state index is 12.0. The van der Waals surface area contributed by atoms with E-state index in [1.54, 1.807) is 0 Å². The number of amides is 1. The number of carbonyl (C=O) groups excluding carboxylic acids is 1. The van der Waals surface area contributed by atoms with E-state index in [0.717, 1.165) is 11.8 Å². The molecule has 0 aliphatic carbocycles. The van der Waals surface area contributed by atoms with Crippen LogP contribution in [0.2, 0.25) is 0 Å². The van der Waals surface area contributed by atoms with Crippen LogP contribution in [0.3, 0.4) is 0 Å². The van der Waals surface area contributed by atoms with Crippen LogP contribution in [0.25, 0.3) is 0 Å². The van der Waals surface area contributed by atoms with Gasteiger partial charge in [-0.3, -0.25) is 4.79 Å². The number of benzene rings is 1. The van der Waals surface area contributed by atoms with Crippen LogP contribution >= 0.6 is 0 Å². The molecular weight excluding hydrogens is 278 g/mol. The second-order valence-electron chi connectivity index (χ2n) is 5.23. The third-order valence-corrected chi connectivity index (χ3v) is 3.60. The molecule has 0 radical (unpaired) electrons. The molecule has 1 aromatic carbocycles. The fourth-order valence-electron chi connectivity index (χ4n) is 1.75. The van der Waals surface area contributed by atoms with E-state index in [1.165, 1.54) is 13.8 Å². The first kappa shape index (κ1) is 16.6. The zero-order valence-electron chi connectivity index (χ0n) is 11.9. The van der Waals surface area contributed by atoms with Crippen molar-refractivity contribution in [1.82, 2.24) is 10.0 Å². The summed E-state index contributed by atoms with van der Waals surface area (Å²) < 4.78 is 24.7. The molecule has 1 aromatic rings. The normalized spacial score (nSPS) is 13.8. The van der Waals surface area contributed by atoms with Crippen LogP contribution in [0.5, 0.6) is 0 Å². The summed E-state index contributed by atoms with van der Waals surface area (Å²) in [6.45, 7) is 3.23. The molecule has 1 rings (SSSR count). The van der Waals surface area contributed by atoms with Gasteiger partial charge in [-0.2, -0.15) is 0 Å². The predicted molar refractivity (Wildman–Crippen MR) is 78.4 cm³/mol. The van der Waals surface area contributed by atoms with Gasteiger partial charge >= 0.3 is 0 Å². The topological polar surface area (TPSA) is 101 Å². The molecule has 112 valence electrons. The first-order valence-electron chi connectivity index (χ1n) is 6.19. The smallest absolute Gasteiger partial charge is 0.240 e. The van der Waals surface area contributed by atoms with Gasteiger partial charge in [0.1, 0.15) is 5.54 Å². The lowest BCUT2D eigenvalue weighted by Crippen LogP contribution is -2.55. The van der Waals surface area contributed by atoms with Crippen molar-refractivity contribution in [2.24, 2.45) is 5.73 Å². The Kier molecular flexibility index (Phi) is 5.27. The van der Waals surface area contributed by atoms with Gasteiger partial charge in [-0.05, 0) is 19.4 Å². The molecule has 0 spiro atoms. The number of rotatable bonds is 6. The molecule has 0 aliphatic heterocycles. The van der Waals surface area contributed by atoms with Gasteiger partial charge in [-0.25, -0.2) is 13.1 Å². The average molecular weight is 299 g/mol. The van der Waals surface area contributed by atoms with Crippen LogP contribution in [-0.4, -0.2) is 32.7 Å². The van der Waals surface area contributed by atoms with Crippen molar-refractivity contribution in [3.63, 3.8) is 0 Å². The molecule has 1 amide bonds. The molecule has 0 bridgehead atoms. The number of nitrogens with one attached hydrogen (secondary N) is 2. The Balaban J connectivity index is 2.59. The van der Waals surface area contributed by atoms with Gasteiger partial charge < -0.3 is 11.1 Å². The molecular formula is C13H21N3O3S. The number of hydrogen-bond acceptors (Lipinski definition) is 4. The molecule has 0 saturated heterocycles. The van der Waals surface area contributed by atoms with Crippen LogP contribution in [0.4, 0.5) is 0 Å². The summed E-state index contributed by atoms with van der Waals surface area (Å²) in [6, 6.07) is 9.02. The third kappa shape index (κ3) is 5.28. The highest BCUT2D eigenvalue weighted by Gasteiger charge is 2.30. The third-order valence-electron chi connectivity index (χ3n) is 2.72. The summed E-state index contributed by atoms with van der Waals surface area (Å²) in [5.41, 5.74) is 5.65. The monoisotopic (exact) mass is 299 g/mol. The van der Waals surface area contributed by atoms with Gasteiger partial charge in [0.2, 0.25) is 15.9 Å². The summed E-state index contributed by atoms with van der Waals surface area (Å²) in [4.78, 5) is 12.0. The van der Waals surface area contributed by atoms with E-state index >= 15 is 0 Å². The minimum absolute atomic E-state index is 0.234. The van der Waals surface area contributed by atoms with E-state index in [2.05, 4.69) is 10.0 Å². The van der Waals surface area contributed by atoms with Crippen LogP contribution in [0.15, 0.2) is 30.3 Å². The number of carbonyl (C=O) groups is 1. The molecule has 0 aliphatic rings. The van der Waals surface area contributed by atoms with E-state index in [0.29, 0.717) is 0 Å². The van der Waals surface area contributed by atoms with Crippen molar-refractivity contribution in [1.29, 1.82) is 0 Å². The van der Waals surface area contributed by atoms with Crippen molar-refractivity contribution < 1.29 is 13.2 Å². The Morgan fingerprint density at radius 3 is 2.35 bits per heavy atom. The highest BCUT2D eigenvalue weighted by atomic mass is 32.2. The standard InChI is InChI=1S/C13H21N3O3S/c1-13(2,16-20(3,18)19)12(17)15-9-11(14)10-7-5-4-6-8-10/h4-8,11,16H,9,14H2,1-3H3,(H,15,17). The zero-order valence-corrected chi connectivity index (χ0v) is 12.7. The Morgan fingerprint density at radius 2 is 1.85 bits per heavy atom. The SMILES string of the molecule is CC(C)(NS(C)(=O)=O)C(=O)NCC(N)c1ccccc1. The summed E-state index contributed by atoms with van der Waals surface area (Å²) >= 11 is 0. The van der Waals surface area contributed by atoms with Crippen LogP contribution < -0.4 is 15.8 Å². The quantitative estimate of drug-likeness (QED) is 0.695. The first-order valence-corrected chi connectivity index (χ1v) is 8.09. The average Bonchev–Trinajstić information content (AvgIpc) is 2.33. The number of nitrogens with two attached hydrogens (primary N) is 1. The van der Waals surface area contributed by atoms with Gasteiger partial charge in [0.15, 0.2) is 0 Å². The fraction of sp³-hybridized carbons (Fsp3) is 0.462. The Morgan fingerprint density at radius 1 is 1.30 bits per heavy atom. The number of sulfonamides is 1. The number of hydrogen-bond donors (Lipinski definition) is 3. The highest BCUT2D eigenvalue weighted by Crippen LogP contribution is 2.09. The second-order valence-corrected chi connectivity index (χ2v) is 6.97. The minimum atomic E-state index is -3.46. The molecule has 0 heterocycles. The molecule has 1 atom stereocenters. The van der Waals surface area contributed by atoms with Gasteiger partial charge in [0.05, 0.1) is 6.26 Å². The summed E-state index contributed by atoms with van der Waals surface area (Å²) in [6.07, 6.45) is 1.01. The zero-order chi connectivity index (χ0) is 15.4. The summed E-state index contributed by atoms with van der Waals surface area (Å²) in [7, 11) is -3.46. The second kappa shape index (κ2) is 6.34.